The third-order valence-corrected chi connectivity index (χ3v) is 8.55. The van der Waals surface area contributed by atoms with Gasteiger partial charge in [-0.3, -0.25) is 9.59 Å². The van der Waals surface area contributed by atoms with E-state index in [1.165, 1.54) is 11.8 Å². The van der Waals surface area contributed by atoms with E-state index in [0.717, 1.165) is 48.6 Å². The number of aliphatic hydroxyl groups is 2. The second-order valence-electron chi connectivity index (χ2n) is 8.96. The molecule has 32 heavy (non-hydrogen) atoms. The summed E-state index contributed by atoms with van der Waals surface area (Å²) in [5, 5.41) is 30.7. The van der Waals surface area contributed by atoms with Crippen LogP contribution in [-0.2, 0) is 15.2 Å². The topological polar surface area (TPSA) is 94.8 Å². The number of carboxylic acid groups (broad SMARTS) is 1. The Bertz CT molecular complexity index is 726. The molecular weight excluding hydrogens is 492 g/mol. The average Bonchev–Trinajstić information content (AvgIpc) is 3.01. The molecule has 1 saturated carbocycles. The van der Waals surface area contributed by atoms with Crippen LogP contribution < -0.4 is 0 Å². The van der Waals surface area contributed by atoms with Gasteiger partial charge in [0.05, 0.1) is 11.7 Å². The summed E-state index contributed by atoms with van der Waals surface area (Å²) < 4.78 is 0.963. The molecule has 0 spiro atoms. The predicted molar refractivity (Wildman–Crippen MR) is 133 cm³/mol. The molecule has 4 atom stereocenters. The predicted octanol–water partition coefficient (Wildman–Crippen LogP) is 5.69. The smallest absolute Gasteiger partial charge is 0.303 e. The number of ketones is 1. The standard InChI is InChI=1S/C25H37BrO5S/c1-2-3-8-15-25(31,18-11-13-19(26)14-12-18)17-32-24-20(21(27)16-22(24)28)9-6-4-5-7-10-23(29)30/h11-14,20,22,24,28,31H,2-10,15-17H2,1H3,(H,29,30)/t20-,22?,24+,25?/m0/s1. The van der Waals surface area contributed by atoms with Gasteiger partial charge in [-0.1, -0.05) is 73.5 Å². The van der Waals surface area contributed by atoms with E-state index in [1.807, 2.05) is 24.3 Å². The second kappa shape index (κ2) is 13.7. The number of carboxylic acids is 1. The number of hydrogen-bond acceptors (Lipinski definition) is 5. The fraction of sp³-hybridized carbons (Fsp3) is 0.680. The molecule has 3 N–H and O–H groups in total. The van der Waals surface area contributed by atoms with Crippen molar-refractivity contribution < 1.29 is 24.9 Å². The highest BCUT2D eigenvalue weighted by Crippen LogP contribution is 2.41. The number of Topliss-reactive ketones (excluding diaryl/α,β-unsaturated/α-hetero) is 1. The van der Waals surface area contributed by atoms with Gasteiger partial charge in [-0.15, -0.1) is 0 Å². The van der Waals surface area contributed by atoms with Crippen LogP contribution in [0.5, 0.6) is 0 Å². The molecule has 0 amide bonds. The highest BCUT2D eigenvalue weighted by atomic mass is 79.9. The maximum Gasteiger partial charge on any atom is 0.303 e. The number of aliphatic hydroxyl groups excluding tert-OH is 1. The molecule has 1 fully saturated rings. The zero-order chi connectivity index (χ0) is 23.6. The van der Waals surface area contributed by atoms with Crippen molar-refractivity contribution in [1.82, 2.24) is 0 Å². The molecule has 0 heterocycles. The highest BCUT2D eigenvalue weighted by Gasteiger charge is 2.43. The van der Waals surface area contributed by atoms with E-state index >= 15 is 0 Å². The van der Waals surface area contributed by atoms with E-state index in [2.05, 4.69) is 22.9 Å². The molecule has 1 aliphatic carbocycles. The van der Waals surface area contributed by atoms with Gasteiger partial charge in [0.15, 0.2) is 0 Å². The Hall–Kier alpha value is -0.890. The minimum absolute atomic E-state index is 0.110. The van der Waals surface area contributed by atoms with E-state index in [4.69, 9.17) is 5.11 Å². The number of carbonyl (C=O) groups is 2. The van der Waals surface area contributed by atoms with E-state index in [-0.39, 0.29) is 29.8 Å². The van der Waals surface area contributed by atoms with Gasteiger partial charge in [-0.05, 0) is 37.0 Å². The monoisotopic (exact) mass is 528 g/mol. The molecule has 1 aromatic carbocycles. The number of unbranched alkanes of at least 4 members (excludes halogenated alkanes) is 5. The molecule has 0 bridgehead atoms. The summed E-state index contributed by atoms with van der Waals surface area (Å²) in [6.45, 7) is 2.14. The summed E-state index contributed by atoms with van der Waals surface area (Å²) in [6, 6.07) is 7.76. The molecule has 0 saturated heterocycles. The molecule has 2 rings (SSSR count). The number of aliphatic carboxylic acids is 1. The first kappa shape index (κ1) is 27.4. The summed E-state index contributed by atoms with van der Waals surface area (Å²) in [5.41, 5.74) is -0.120. The molecule has 7 heteroatoms. The lowest BCUT2D eigenvalue weighted by Crippen LogP contribution is -2.32. The van der Waals surface area contributed by atoms with Crippen molar-refractivity contribution in [2.24, 2.45) is 5.92 Å². The van der Waals surface area contributed by atoms with Gasteiger partial charge in [-0.25, -0.2) is 0 Å². The Morgan fingerprint density at radius 2 is 1.81 bits per heavy atom. The van der Waals surface area contributed by atoms with Crippen LogP contribution >= 0.6 is 27.7 Å². The number of benzene rings is 1. The van der Waals surface area contributed by atoms with Crippen LogP contribution in [0.2, 0.25) is 0 Å². The van der Waals surface area contributed by atoms with Gasteiger partial charge in [0.1, 0.15) is 5.78 Å². The van der Waals surface area contributed by atoms with Crippen LogP contribution in [0.3, 0.4) is 0 Å². The SMILES string of the molecule is CCCCCC(O)(CS[C@H]1C(O)CC(=O)[C@@H]1CCCCCCC(=O)O)c1ccc(Br)cc1. The average molecular weight is 530 g/mol. The zero-order valence-corrected chi connectivity index (χ0v) is 21.4. The lowest BCUT2D eigenvalue weighted by atomic mass is 9.90. The van der Waals surface area contributed by atoms with Gasteiger partial charge in [0.25, 0.3) is 0 Å². The molecule has 180 valence electrons. The van der Waals surface area contributed by atoms with Crippen molar-refractivity contribution in [2.75, 3.05) is 5.75 Å². The third-order valence-electron chi connectivity index (χ3n) is 6.35. The van der Waals surface area contributed by atoms with E-state index < -0.39 is 17.7 Å². The normalized spacial score (nSPS) is 22.8. The van der Waals surface area contributed by atoms with E-state index in [9.17, 15) is 19.8 Å². The fourth-order valence-electron chi connectivity index (χ4n) is 4.43. The first-order valence-corrected chi connectivity index (χ1v) is 13.6. The van der Waals surface area contributed by atoms with Crippen LogP contribution in [0.15, 0.2) is 28.7 Å². The minimum atomic E-state index is -0.993. The molecule has 1 aliphatic rings. The molecule has 0 radical (unpaired) electrons. The molecule has 1 aromatic rings. The quantitative estimate of drug-likeness (QED) is 0.253. The van der Waals surface area contributed by atoms with Gasteiger partial charge in [-0.2, -0.15) is 11.8 Å². The number of thioether (sulfide) groups is 1. The third kappa shape index (κ3) is 8.47. The molecule has 2 unspecified atom stereocenters. The summed E-state index contributed by atoms with van der Waals surface area (Å²) >= 11 is 4.98. The lowest BCUT2D eigenvalue weighted by molar-refractivity contribution is -0.137. The van der Waals surface area contributed by atoms with Crippen molar-refractivity contribution in [2.45, 2.75) is 94.5 Å². The van der Waals surface area contributed by atoms with Crippen molar-refractivity contribution in [1.29, 1.82) is 0 Å². The highest BCUT2D eigenvalue weighted by molar-refractivity contribution is 9.10. The summed E-state index contributed by atoms with van der Waals surface area (Å²) in [4.78, 5) is 23.1. The largest absolute Gasteiger partial charge is 0.481 e. The number of carbonyl (C=O) groups excluding carboxylic acids is 1. The lowest BCUT2D eigenvalue weighted by Gasteiger charge is -2.31. The van der Waals surface area contributed by atoms with E-state index in [0.29, 0.717) is 25.0 Å². The summed E-state index contributed by atoms with van der Waals surface area (Å²) in [7, 11) is 0. The van der Waals surface area contributed by atoms with Crippen LogP contribution in [0.4, 0.5) is 0 Å². The van der Waals surface area contributed by atoms with Crippen LogP contribution in [0, 0.1) is 5.92 Å². The van der Waals surface area contributed by atoms with Crippen molar-refractivity contribution in [3.8, 4) is 0 Å². The Morgan fingerprint density at radius 1 is 1.12 bits per heavy atom. The van der Waals surface area contributed by atoms with Crippen LogP contribution in [0.25, 0.3) is 0 Å². The van der Waals surface area contributed by atoms with Gasteiger partial charge in [0, 0.05) is 34.2 Å². The second-order valence-corrected chi connectivity index (χ2v) is 11.0. The molecular formula is C25H37BrO5S. The number of halogens is 1. The van der Waals surface area contributed by atoms with Crippen molar-refractivity contribution in [3.63, 3.8) is 0 Å². The van der Waals surface area contributed by atoms with Crippen LogP contribution in [-0.4, -0.2) is 44.2 Å². The fourth-order valence-corrected chi connectivity index (χ4v) is 6.32. The first-order chi connectivity index (χ1) is 15.3. The Kier molecular flexibility index (Phi) is 11.7. The maximum atomic E-state index is 12.5. The van der Waals surface area contributed by atoms with Crippen molar-refractivity contribution >= 4 is 39.4 Å². The van der Waals surface area contributed by atoms with Crippen molar-refractivity contribution in [3.05, 3.63) is 34.3 Å². The Labute approximate surface area is 204 Å². The number of hydrogen-bond donors (Lipinski definition) is 3. The summed E-state index contributed by atoms with van der Waals surface area (Å²) in [5.74, 6) is -0.409. The van der Waals surface area contributed by atoms with E-state index in [1.54, 1.807) is 0 Å². The van der Waals surface area contributed by atoms with Gasteiger partial charge < -0.3 is 15.3 Å². The molecule has 0 aliphatic heterocycles. The Balaban J connectivity index is 1.97. The van der Waals surface area contributed by atoms with Gasteiger partial charge >= 0.3 is 5.97 Å². The molecule has 5 nitrogen and oxygen atoms in total. The Morgan fingerprint density at radius 3 is 2.47 bits per heavy atom. The van der Waals surface area contributed by atoms with Crippen LogP contribution in [0.1, 0.15) is 83.1 Å². The maximum absolute atomic E-state index is 12.5. The minimum Gasteiger partial charge on any atom is -0.481 e. The number of rotatable bonds is 15. The first-order valence-electron chi connectivity index (χ1n) is 11.8. The molecule has 0 aromatic heterocycles. The zero-order valence-electron chi connectivity index (χ0n) is 19.0. The van der Waals surface area contributed by atoms with Gasteiger partial charge in [0.2, 0.25) is 0 Å². The summed E-state index contributed by atoms with van der Waals surface area (Å²) in [6.07, 6.45) is 7.38.